The fourth-order valence-electron chi connectivity index (χ4n) is 2.87. The summed E-state index contributed by atoms with van der Waals surface area (Å²) in [6.45, 7) is 1.92. The number of amides is 1. The van der Waals surface area contributed by atoms with Gasteiger partial charge >= 0.3 is 18.0 Å². The van der Waals surface area contributed by atoms with Crippen LogP contribution in [0.5, 0.6) is 0 Å². The van der Waals surface area contributed by atoms with Crippen molar-refractivity contribution in [3.05, 3.63) is 0 Å². The number of likely N-dealkylation sites (tertiary alicyclic amines) is 1. The van der Waals surface area contributed by atoms with Gasteiger partial charge in [0.1, 0.15) is 12.6 Å². The molecule has 0 unspecified atom stereocenters. The first kappa shape index (κ1) is 14.6. The molecule has 2 N–H and O–H groups in total. The van der Waals surface area contributed by atoms with Gasteiger partial charge in [0.05, 0.1) is 13.2 Å². The van der Waals surface area contributed by atoms with E-state index in [4.69, 9.17) is 19.7 Å². The van der Waals surface area contributed by atoms with E-state index in [-0.39, 0.29) is 32.3 Å². The van der Waals surface area contributed by atoms with Gasteiger partial charge in [-0.25, -0.2) is 14.4 Å². The van der Waals surface area contributed by atoms with Crippen molar-refractivity contribution in [2.45, 2.75) is 31.8 Å². The van der Waals surface area contributed by atoms with Crippen LogP contribution in [0.25, 0.3) is 0 Å². The van der Waals surface area contributed by atoms with Gasteiger partial charge < -0.3 is 19.7 Å². The maximum absolute atomic E-state index is 11.1. The van der Waals surface area contributed by atoms with Gasteiger partial charge in [0, 0.05) is 11.5 Å². The lowest BCUT2D eigenvalue weighted by Gasteiger charge is -2.20. The molecule has 0 bridgehead atoms. The van der Waals surface area contributed by atoms with Crippen LogP contribution >= 0.6 is 0 Å². The van der Waals surface area contributed by atoms with Gasteiger partial charge in [-0.15, -0.1) is 0 Å². The zero-order valence-electron chi connectivity index (χ0n) is 11.1. The third-order valence-electron chi connectivity index (χ3n) is 3.84. The van der Waals surface area contributed by atoms with Crippen LogP contribution in [0.2, 0.25) is 0 Å². The average molecular weight is 287 g/mol. The van der Waals surface area contributed by atoms with E-state index in [1.54, 1.807) is 6.92 Å². The molecule has 2 rings (SSSR count). The minimum atomic E-state index is -1.23. The number of hydrogen-bond acceptors (Lipinski definition) is 5. The molecular formula is C12H17NO7. The number of carbonyl (C=O) groups excluding carboxylic acids is 1. The second-order valence-electron chi connectivity index (χ2n) is 5.13. The molecule has 0 aromatic heterocycles. The largest absolute Gasteiger partial charge is 0.480 e. The van der Waals surface area contributed by atoms with Crippen LogP contribution in [0.1, 0.15) is 19.8 Å². The molecule has 1 saturated carbocycles. The fraction of sp³-hybridized carbons (Fsp3) is 0.750. The highest BCUT2D eigenvalue weighted by molar-refractivity contribution is 5.81. The van der Waals surface area contributed by atoms with Gasteiger partial charge in [0.15, 0.2) is 0 Å². The van der Waals surface area contributed by atoms with E-state index in [0.29, 0.717) is 6.42 Å². The van der Waals surface area contributed by atoms with Crippen molar-refractivity contribution in [1.29, 1.82) is 0 Å². The molecule has 1 amide bonds. The topological polar surface area (TPSA) is 113 Å². The molecule has 2 aliphatic rings. The Kier molecular flexibility index (Phi) is 3.85. The molecule has 1 aliphatic heterocycles. The number of rotatable bonds is 6. The maximum atomic E-state index is 11.1. The molecule has 0 radical (unpaired) electrons. The molecule has 8 nitrogen and oxygen atoms in total. The minimum Gasteiger partial charge on any atom is -0.480 e. The standard InChI is InChI=1S/C12H17NO7/c1-2-20-9(14)5-19-6-12-3-7(10(15)16)13(11(17)18)8(12)4-12/h7-8H,2-6H2,1H3,(H,15,16)(H,17,18)/t7-,8-,12+/m0/s1. The number of aliphatic carboxylic acids is 1. The van der Waals surface area contributed by atoms with E-state index in [1.807, 2.05) is 0 Å². The normalized spacial score (nSPS) is 30.8. The first-order valence-electron chi connectivity index (χ1n) is 6.38. The molecular weight excluding hydrogens is 270 g/mol. The van der Waals surface area contributed by atoms with Crippen molar-refractivity contribution < 1.29 is 34.1 Å². The smallest absolute Gasteiger partial charge is 0.408 e. The summed E-state index contributed by atoms with van der Waals surface area (Å²) in [6, 6.07) is -1.36. The van der Waals surface area contributed by atoms with E-state index in [0.717, 1.165) is 4.90 Å². The van der Waals surface area contributed by atoms with E-state index < -0.39 is 29.5 Å². The average Bonchev–Trinajstić information content (AvgIpc) is 2.93. The van der Waals surface area contributed by atoms with Crippen LogP contribution in [0, 0.1) is 5.41 Å². The van der Waals surface area contributed by atoms with Crippen LogP contribution in [0.15, 0.2) is 0 Å². The predicted molar refractivity (Wildman–Crippen MR) is 64.2 cm³/mol. The van der Waals surface area contributed by atoms with Crippen LogP contribution in [-0.2, 0) is 19.1 Å². The van der Waals surface area contributed by atoms with Gasteiger partial charge in [-0.3, -0.25) is 4.90 Å². The Morgan fingerprint density at radius 2 is 2.00 bits per heavy atom. The Bertz CT molecular complexity index is 438. The molecule has 0 aromatic carbocycles. The maximum Gasteiger partial charge on any atom is 0.408 e. The molecule has 0 aromatic rings. The number of ether oxygens (including phenoxy) is 2. The third-order valence-corrected chi connectivity index (χ3v) is 3.84. The number of carbonyl (C=O) groups is 3. The number of nitrogens with zero attached hydrogens (tertiary/aromatic N) is 1. The summed E-state index contributed by atoms with van der Waals surface area (Å²) >= 11 is 0. The summed E-state index contributed by atoms with van der Waals surface area (Å²) in [5.74, 6) is -1.63. The highest BCUT2D eigenvalue weighted by Gasteiger charge is 2.67. The van der Waals surface area contributed by atoms with E-state index in [2.05, 4.69) is 0 Å². The Balaban J connectivity index is 1.90. The summed E-state index contributed by atoms with van der Waals surface area (Å²) < 4.78 is 9.95. The second kappa shape index (κ2) is 5.28. The van der Waals surface area contributed by atoms with Crippen molar-refractivity contribution in [3.63, 3.8) is 0 Å². The van der Waals surface area contributed by atoms with Gasteiger partial charge in [-0.1, -0.05) is 0 Å². The van der Waals surface area contributed by atoms with Gasteiger partial charge in [0.25, 0.3) is 0 Å². The highest BCUT2D eigenvalue weighted by Crippen LogP contribution is 2.59. The molecule has 112 valence electrons. The van der Waals surface area contributed by atoms with Crippen LogP contribution in [0.3, 0.4) is 0 Å². The summed E-state index contributed by atoms with van der Waals surface area (Å²) in [4.78, 5) is 34.3. The lowest BCUT2D eigenvalue weighted by Crippen LogP contribution is -2.42. The molecule has 1 saturated heterocycles. The quantitative estimate of drug-likeness (QED) is 0.669. The summed E-state index contributed by atoms with van der Waals surface area (Å²) in [5, 5.41) is 18.1. The summed E-state index contributed by atoms with van der Waals surface area (Å²) in [7, 11) is 0. The van der Waals surface area contributed by atoms with Crippen LogP contribution < -0.4 is 0 Å². The molecule has 2 fully saturated rings. The Morgan fingerprint density at radius 3 is 2.50 bits per heavy atom. The Labute approximate surface area is 115 Å². The monoisotopic (exact) mass is 287 g/mol. The number of esters is 1. The first-order chi connectivity index (χ1) is 9.41. The summed E-state index contributed by atoms with van der Waals surface area (Å²) in [6.07, 6.45) is -0.430. The van der Waals surface area contributed by atoms with Gasteiger partial charge in [-0.05, 0) is 19.8 Å². The van der Waals surface area contributed by atoms with Crippen molar-refractivity contribution in [2.75, 3.05) is 19.8 Å². The number of fused-ring (bicyclic) bond motifs is 1. The van der Waals surface area contributed by atoms with Crippen molar-refractivity contribution in [1.82, 2.24) is 4.90 Å². The zero-order chi connectivity index (χ0) is 14.9. The molecule has 8 heteroatoms. The minimum absolute atomic E-state index is 0.171. The molecule has 3 atom stereocenters. The van der Waals surface area contributed by atoms with E-state index in [9.17, 15) is 14.4 Å². The van der Waals surface area contributed by atoms with Gasteiger partial charge in [0.2, 0.25) is 0 Å². The van der Waals surface area contributed by atoms with Gasteiger partial charge in [-0.2, -0.15) is 0 Å². The second-order valence-corrected chi connectivity index (χ2v) is 5.13. The number of piperidine rings is 1. The zero-order valence-corrected chi connectivity index (χ0v) is 11.1. The third kappa shape index (κ3) is 2.55. The van der Waals surface area contributed by atoms with E-state index in [1.165, 1.54) is 0 Å². The molecule has 1 heterocycles. The Morgan fingerprint density at radius 1 is 1.30 bits per heavy atom. The lowest BCUT2D eigenvalue weighted by molar-refractivity contribution is -0.149. The lowest BCUT2D eigenvalue weighted by atomic mass is 10.0. The number of carboxylic acids is 1. The van der Waals surface area contributed by atoms with Crippen molar-refractivity contribution in [2.24, 2.45) is 5.41 Å². The molecule has 0 spiro atoms. The highest BCUT2D eigenvalue weighted by atomic mass is 16.6. The predicted octanol–water partition coefficient (Wildman–Crippen LogP) is 0.162. The molecule has 20 heavy (non-hydrogen) atoms. The number of carboxylic acid groups (broad SMARTS) is 2. The molecule has 1 aliphatic carbocycles. The number of hydrogen-bond donors (Lipinski definition) is 2. The SMILES string of the molecule is CCOC(=O)COC[C@@]12C[C@@H]1N(C(=O)O)[C@H](C(=O)O)C2. The first-order valence-corrected chi connectivity index (χ1v) is 6.38. The van der Waals surface area contributed by atoms with E-state index >= 15 is 0 Å². The Hall–Kier alpha value is -1.83. The fourth-order valence-corrected chi connectivity index (χ4v) is 2.87. The van der Waals surface area contributed by atoms with Crippen LogP contribution in [0.4, 0.5) is 4.79 Å². The summed E-state index contributed by atoms with van der Waals surface area (Å²) in [5.41, 5.74) is -0.464. The van der Waals surface area contributed by atoms with Crippen molar-refractivity contribution >= 4 is 18.0 Å². The van der Waals surface area contributed by atoms with Crippen LogP contribution in [-0.4, -0.2) is 65.0 Å². The van der Waals surface area contributed by atoms with Crippen molar-refractivity contribution in [3.8, 4) is 0 Å².